The van der Waals surface area contributed by atoms with Crippen LogP contribution in [0.5, 0.6) is 5.75 Å². The van der Waals surface area contributed by atoms with Gasteiger partial charge in [-0.1, -0.05) is 13.8 Å². The number of likely N-dealkylation sites (N-methyl/N-ethyl adjacent to an activating group) is 1. The molecule has 1 N–H and O–H groups in total. The Hall–Kier alpha value is -1.88. The zero-order valence-electron chi connectivity index (χ0n) is 12.4. The first-order chi connectivity index (χ1) is 9.78. The average molecular weight is 274 g/mol. The molecule has 1 heterocycles. The topological polar surface area (TPSA) is 50.3 Å². The molecule has 1 aromatic carbocycles. The van der Waals surface area contributed by atoms with Gasteiger partial charge in [-0.25, -0.2) is 0 Å². The van der Waals surface area contributed by atoms with E-state index in [0.717, 1.165) is 48.6 Å². The lowest BCUT2D eigenvalue weighted by Crippen LogP contribution is -2.28. The summed E-state index contributed by atoms with van der Waals surface area (Å²) < 4.78 is 5.31. The predicted octanol–water partition coefficient (Wildman–Crippen LogP) is 2.39. The van der Waals surface area contributed by atoms with Crippen molar-refractivity contribution in [3.63, 3.8) is 0 Å². The van der Waals surface area contributed by atoms with Gasteiger partial charge in [0, 0.05) is 37.6 Å². The molecule has 5 nitrogen and oxygen atoms in total. The van der Waals surface area contributed by atoms with E-state index >= 15 is 0 Å². The molecule has 0 atom stereocenters. The van der Waals surface area contributed by atoms with E-state index in [1.165, 1.54) is 0 Å². The first kappa shape index (κ1) is 14.5. The van der Waals surface area contributed by atoms with Crippen LogP contribution in [0.1, 0.15) is 13.8 Å². The molecule has 0 aliphatic heterocycles. The fourth-order valence-corrected chi connectivity index (χ4v) is 2.19. The first-order valence-electron chi connectivity index (χ1n) is 7.03. The van der Waals surface area contributed by atoms with E-state index in [-0.39, 0.29) is 0 Å². The maximum atomic E-state index is 5.31. The molecule has 0 bridgehead atoms. The molecule has 0 aliphatic carbocycles. The summed E-state index contributed by atoms with van der Waals surface area (Å²) in [5, 5.41) is 3.44. The number of benzene rings is 1. The van der Waals surface area contributed by atoms with Crippen molar-refractivity contribution in [3.05, 3.63) is 24.5 Å². The molecule has 20 heavy (non-hydrogen) atoms. The van der Waals surface area contributed by atoms with Crippen molar-refractivity contribution in [3.8, 4) is 5.75 Å². The van der Waals surface area contributed by atoms with E-state index in [2.05, 4.69) is 34.0 Å². The van der Waals surface area contributed by atoms with E-state index in [0.29, 0.717) is 0 Å². The molecule has 0 saturated carbocycles. The second-order valence-corrected chi connectivity index (χ2v) is 4.55. The van der Waals surface area contributed by atoms with Gasteiger partial charge in [-0.05, 0) is 13.1 Å². The van der Waals surface area contributed by atoms with Gasteiger partial charge in [0.1, 0.15) is 11.3 Å². The van der Waals surface area contributed by atoms with E-state index in [1.54, 1.807) is 19.5 Å². The first-order valence-corrected chi connectivity index (χ1v) is 7.03. The molecule has 0 radical (unpaired) electrons. The van der Waals surface area contributed by atoms with E-state index in [9.17, 15) is 0 Å². The van der Waals surface area contributed by atoms with Crippen LogP contribution in [0, 0.1) is 0 Å². The van der Waals surface area contributed by atoms with Crippen molar-refractivity contribution < 1.29 is 4.74 Å². The SMILES string of the molecule is CCN(CC)CCNc1cc(OC)cc2nccnc12. The Bertz CT molecular complexity index is 555. The number of hydrogen-bond donors (Lipinski definition) is 1. The van der Waals surface area contributed by atoms with Crippen molar-refractivity contribution in [2.45, 2.75) is 13.8 Å². The van der Waals surface area contributed by atoms with Gasteiger partial charge in [0.25, 0.3) is 0 Å². The zero-order valence-corrected chi connectivity index (χ0v) is 12.4. The minimum Gasteiger partial charge on any atom is -0.497 e. The third-order valence-electron chi connectivity index (χ3n) is 3.42. The van der Waals surface area contributed by atoms with E-state index in [1.807, 2.05) is 12.1 Å². The van der Waals surface area contributed by atoms with E-state index < -0.39 is 0 Å². The van der Waals surface area contributed by atoms with Gasteiger partial charge in [0.05, 0.1) is 18.3 Å². The third kappa shape index (κ3) is 3.36. The molecule has 0 spiro atoms. The number of hydrogen-bond acceptors (Lipinski definition) is 5. The van der Waals surface area contributed by atoms with Gasteiger partial charge in [0.15, 0.2) is 0 Å². The minimum absolute atomic E-state index is 0.795. The molecule has 0 unspecified atom stereocenters. The lowest BCUT2D eigenvalue weighted by atomic mass is 10.2. The van der Waals surface area contributed by atoms with Crippen LogP contribution in [-0.2, 0) is 0 Å². The number of ether oxygens (including phenoxy) is 1. The second-order valence-electron chi connectivity index (χ2n) is 4.55. The molecule has 0 saturated heterocycles. The Balaban J connectivity index is 2.15. The molecule has 1 aromatic heterocycles. The normalized spacial score (nSPS) is 11.0. The summed E-state index contributed by atoms with van der Waals surface area (Å²) >= 11 is 0. The molecule has 0 amide bonds. The predicted molar refractivity (Wildman–Crippen MR) is 82.4 cm³/mol. The zero-order chi connectivity index (χ0) is 14.4. The Morgan fingerprint density at radius 2 is 1.90 bits per heavy atom. The number of methoxy groups -OCH3 is 1. The van der Waals surface area contributed by atoms with Gasteiger partial charge < -0.3 is 15.0 Å². The number of aromatic nitrogens is 2. The average Bonchev–Trinajstić information content (AvgIpc) is 2.51. The van der Waals surface area contributed by atoms with Gasteiger partial charge in [-0.3, -0.25) is 9.97 Å². The van der Waals surface area contributed by atoms with Crippen LogP contribution < -0.4 is 10.1 Å². The number of rotatable bonds is 7. The Morgan fingerprint density at radius 1 is 1.15 bits per heavy atom. The fraction of sp³-hybridized carbons (Fsp3) is 0.467. The number of fused-ring (bicyclic) bond motifs is 1. The molecule has 2 rings (SSSR count). The maximum Gasteiger partial charge on any atom is 0.123 e. The smallest absolute Gasteiger partial charge is 0.123 e. The van der Waals surface area contributed by atoms with Crippen LogP contribution >= 0.6 is 0 Å². The monoisotopic (exact) mass is 274 g/mol. The summed E-state index contributed by atoms with van der Waals surface area (Å²) in [7, 11) is 1.66. The lowest BCUT2D eigenvalue weighted by molar-refractivity contribution is 0.316. The highest BCUT2D eigenvalue weighted by Crippen LogP contribution is 2.26. The molecule has 0 aliphatic rings. The van der Waals surface area contributed by atoms with Gasteiger partial charge in [-0.15, -0.1) is 0 Å². The number of anilines is 1. The Kier molecular flexibility index (Phi) is 5.12. The van der Waals surface area contributed by atoms with Crippen molar-refractivity contribution in [2.24, 2.45) is 0 Å². The quantitative estimate of drug-likeness (QED) is 0.840. The molecule has 5 heteroatoms. The van der Waals surface area contributed by atoms with Crippen LogP contribution in [0.3, 0.4) is 0 Å². The summed E-state index contributed by atoms with van der Waals surface area (Å²) in [6.07, 6.45) is 3.41. The summed E-state index contributed by atoms with van der Waals surface area (Å²) in [4.78, 5) is 11.1. The highest BCUT2D eigenvalue weighted by molar-refractivity contribution is 5.89. The molecular formula is C15H22N4O. The summed E-state index contributed by atoms with van der Waals surface area (Å²) in [6.45, 7) is 8.37. The van der Waals surface area contributed by atoms with Crippen LogP contribution in [0.15, 0.2) is 24.5 Å². The molecule has 108 valence electrons. The minimum atomic E-state index is 0.795. The van der Waals surface area contributed by atoms with Gasteiger partial charge >= 0.3 is 0 Å². The summed E-state index contributed by atoms with van der Waals surface area (Å²) in [5.41, 5.74) is 2.70. The molecular weight excluding hydrogens is 252 g/mol. The number of nitrogens with one attached hydrogen (secondary N) is 1. The van der Waals surface area contributed by atoms with E-state index in [4.69, 9.17) is 4.74 Å². The van der Waals surface area contributed by atoms with Crippen molar-refractivity contribution in [1.29, 1.82) is 0 Å². The largest absolute Gasteiger partial charge is 0.497 e. The Morgan fingerprint density at radius 3 is 2.60 bits per heavy atom. The fourth-order valence-electron chi connectivity index (χ4n) is 2.19. The van der Waals surface area contributed by atoms with Gasteiger partial charge in [0.2, 0.25) is 0 Å². The molecule has 2 aromatic rings. The van der Waals surface area contributed by atoms with Crippen molar-refractivity contribution in [1.82, 2.24) is 14.9 Å². The molecule has 0 fully saturated rings. The highest BCUT2D eigenvalue weighted by atomic mass is 16.5. The summed E-state index contributed by atoms with van der Waals surface area (Å²) in [6, 6.07) is 3.87. The van der Waals surface area contributed by atoms with Gasteiger partial charge in [-0.2, -0.15) is 0 Å². The Labute approximate surface area is 120 Å². The van der Waals surface area contributed by atoms with Crippen LogP contribution in [-0.4, -0.2) is 48.2 Å². The van der Waals surface area contributed by atoms with Crippen molar-refractivity contribution >= 4 is 16.7 Å². The van der Waals surface area contributed by atoms with Crippen LogP contribution in [0.2, 0.25) is 0 Å². The number of nitrogens with zero attached hydrogens (tertiary/aromatic N) is 3. The third-order valence-corrected chi connectivity index (χ3v) is 3.42. The van der Waals surface area contributed by atoms with Crippen molar-refractivity contribution in [2.75, 3.05) is 38.6 Å². The van der Waals surface area contributed by atoms with Crippen LogP contribution in [0.25, 0.3) is 11.0 Å². The highest BCUT2D eigenvalue weighted by Gasteiger charge is 2.07. The van der Waals surface area contributed by atoms with Crippen LogP contribution in [0.4, 0.5) is 5.69 Å². The second kappa shape index (κ2) is 7.05. The maximum absolute atomic E-state index is 5.31. The standard InChI is InChI=1S/C15H22N4O/c1-4-19(5-2)9-8-17-14-11-12(20-3)10-13-15(14)18-7-6-16-13/h6-7,10-11,17H,4-5,8-9H2,1-3H3. The summed E-state index contributed by atoms with van der Waals surface area (Å²) in [5.74, 6) is 0.795. The lowest BCUT2D eigenvalue weighted by Gasteiger charge is -2.19.